The molecule has 0 radical (unpaired) electrons. The van der Waals surface area contributed by atoms with E-state index in [2.05, 4.69) is 24.3 Å². The van der Waals surface area contributed by atoms with Gasteiger partial charge in [0.05, 0.1) is 39.2 Å². The molecule has 7 rings (SSSR count). The van der Waals surface area contributed by atoms with E-state index in [0.717, 1.165) is 38.6 Å². The van der Waals surface area contributed by atoms with Crippen LogP contribution in [0.2, 0.25) is 0 Å². The third kappa shape index (κ3) is 4.10. The Hall–Kier alpha value is -6.04. The Bertz CT molecular complexity index is 2020. The molecule has 0 aliphatic carbocycles. The van der Waals surface area contributed by atoms with Gasteiger partial charge in [-0.25, -0.2) is 9.97 Å². The zero-order chi connectivity index (χ0) is 27.8. The van der Waals surface area contributed by atoms with E-state index in [4.69, 9.17) is 9.97 Å². The molecular formula is C36H21N5. The van der Waals surface area contributed by atoms with Crippen molar-refractivity contribution < 1.29 is 0 Å². The number of rotatable bonds is 4. The molecule has 0 saturated carbocycles. The minimum Gasteiger partial charge on any atom is -0.307 e. The van der Waals surface area contributed by atoms with Crippen LogP contribution in [0.25, 0.3) is 61.4 Å². The number of aromatic nitrogens is 3. The first kappa shape index (κ1) is 24.0. The second-order valence-electron chi connectivity index (χ2n) is 9.71. The third-order valence-electron chi connectivity index (χ3n) is 7.28. The van der Waals surface area contributed by atoms with Crippen molar-refractivity contribution in [2.75, 3.05) is 0 Å². The molecule has 2 aromatic heterocycles. The van der Waals surface area contributed by atoms with Gasteiger partial charge in [-0.3, -0.25) is 0 Å². The summed E-state index contributed by atoms with van der Waals surface area (Å²) in [6, 6.07) is 46.2. The summed E-state index contributed by atoms with van der Waals surface area (Å²) in [5, 5.41) is 23.0. The first-order valence-electron chi connectivity index (χ1n) is 13.2. The Morgan fingerprint density at radius 3 is 1.49 bits per heavy atom. The average molecular weight is 524 g/mol. The van der Waals surface area contributed by atoms with Crippen molar-refractivity contribution in [1.82, 2.24) is 14.5 Å². The molecule has 5 heteroatoms. The highest BCUT2D eigenvalue weighted by molar-refractivity contribution is 6.09. The fourth-order valence-corrected chi connectivity index (χ4v) is 5.43. The molecule has 0 aliphatic heterocycles. The van der Waals surface area contributed by atoms with Crippen molar-refractivity contribution in [3.05, 3.63) is 139 Å². The molecule has 7 aromatic rings. The number of para-hydroxylation sites is 2. The Kier molecular flexibility index (Phi) is 5.82. The van der Waals surface area contributed by atoms with Crippen LogP contribution in [0, 0.1) is 22.7 Å². The molecule has 0 spiro atoms. The highest BCUT2D eigenvalue weighted by Gasteiger charge is 2.20. The number of benzene rings is 5. The van der Waals surface area contributed by atoms with Crippen molar-refractivity contribution in [2.45, 2.75) is 0 Å². The first-order chi connectivity index (χ1) is 20.2. The maximum Gasteiger partial charge on any atom is 0.160 e. The number of fused-ring (bicyclic) bond motifs is 3. The molecule has 5 nitrogen and oxygen atoms in total. The molecule has 0 N–H and O–H groups in total. The average Bonchev–Trinajstić information content (AvgIpc) is 3.38. The first-order valence-corrected chi connectivity index (χ1v) is 13.2. The normalized spacial score (nSPS) is 10.9. The summed E-state index contributed by atoms with van der Waals surface area (Å²) in [4.78, 5) is 9.77. The maximum absolute atomic E-state index is 10.4. The van der Waals surface area contributed by atoms with Crippen LogP contribution in [0.3, 0.4) is 0 Å². The van der Waals surface area contributed by atoms with Crippen LogP contribution in [-0.2, 0) is 0 Å². The predicted molar refractivity (Wildman–Crippen MR) is 162 cm³/mol. The minimum absolute atomic E-state index is 0.395. The SMILES string of the molecule is N#Cc1cc(-c2cc(-c3ccccc3)nc(-c3ccccc3)n2)cc(C#N)c1-n1c2ccccc2c2ccccc21. The smallest absolute Gasteiger partial charge is 0.160 e. The van der Waals surface area contributed by atoms with E-state index in [0.29, 0.717) is 33.9 Å². The lowest BCUT2D eigenvalue weighted by molar-refractivity contribution is 1.15. The van der Waals surface area contributed by atoms with Gasteiger partial charge < -0.3 is 4.57 Å². The van der Waals surface area contributed by atoms with E-state index in [-0.39, 0.29) is 0 Å². The molecule has 0 amide bonds. The molecule has 0 bridgehead atoms. The number of hydrogen-bond donors (Lipinski definition) is 0. The lowest BCUT2D eigenvalue weighted by Gasteiger charge is -2.15. The van der Waals surface area contributed by atoms with E-state index < -0.39 is 0 Å². The van der Waals surface area contributed by atoms with Gasteiger partial charge >= 0.3 is 0 Å². The molecule has 41 heavy (non-hydrogen) atoms. The largest absolute Gasteiger partial charge is 0.307 e. The highest BCUT2D eigenvalue weighted by atomic mass is 15.0. The molecule has 0 aliphatic rings. The fraction of sp³-hybridized carbons (Fsp3) is 0. The van der Waals surface area contributed by atoms with Gasteiger partial charge in [0.25, 0.3) is 0 Å². The van der Waals surface area contributed by atoms with Crippen molar-refractivity contribution in [3.8, 4) is 51.7 Å². The summed E-state index contributed by atoms with van der Waals surface area (Å²) in [6.45, 7) is 0. The topological polar surface area (TPSA) is 78.3 Å². The Labute approximate surface area is 236 Å². The van der Waals surface area contributed by atoms with Crippen LogP contribution >= 0.6 is 0 Å². The van der Waals surface area contributed by atoms with Gasteiger partial charge in [0, 0.05) is 27.5 Å². The molecule has 5 aromatic carbocycles. The standard InChI is InChI=1S/C36H21N5/c37-22-27-19-26(32-21-31(24-11-3-1-4-12-24)39-36(40-32)25-13-5-2-6-14-25)20-28(23-38)35(27)41-33-17-9-7-15-29(33)30-16-8-10-18-34(30)41/h1-21H. The van der Waals surface area contributed by atoms with E-state index in [1.54, 1.807) is 0 Å². The second-order valence-corrected chi connectivity index (χ2v) is 9.71. The van der Waals surface area contributed by atoms with Gasteiger partial charge in [0.2, 0.25) is 0 Å². The van der Waals surface area contributed by atoms with E-state index >= 15 is 0 Å². The van der Waals surface area contributed by atoms with Gasteiger partial charge in [-0.15, -0.1) is 0 Å². The lowest BCUT2D eigenvalue weighted by Crippen LogP contribution is -2.03. The van der Waals surface area contributed by atoms with Crippen LogP contribution in [0.15, 0.2) is 127 Å². The molecule has 0 atom stereocenters. The van der Waals surface area contributed by atoms with Gasteiger partial charge in [-0.05, 0) is 30.3 Å². The monoisotopic (exact) mass is 523 g/mol. The van der Waals surface area contributed by atoms with E-state index in [9.17, 15) is 10.5 Å². The third-order valence-corrected chi connectivity index (χ3v) is 7.28. The predicted octanol–water partition coefficient (Wildman–Crippen LogP) is 8.32. The van der Waals surface area contributed by atoms with Crippen LogP contribution < -0.4 is 0 Å². The summed E-state index contributed by atoms with van der Waals surface area (Å²) in [7, 11) is 0. The molecule has 2 heterocycles. The van der Waals surface area contributed by atoms with Gasteiger partial charge in [-0.1, -0.05) is 97.1 Å². The Morgan fingerprint density at radius 1 is 0.488 bits per heavy atom. The lowest BCUT2D eigenvalue weighted by atomic mass is 9.99. The van der Waals surface area contributed by atoms with Gasteiger partial charge in [0.1, 0.15) is 12.1 Å². The summed E-state index contributed by atoms with van der Waals surface area (Å²) in [5.41, 5.74) is 7.15. The van der Waals surface area contributed by atoms with Crippen LogP contribution in [-0.4, -0.2) is 14.5 Å². The van der Waals surface area contributed by atoms with Gasteiger partial charge in [-0.2, -0.15) is 10.5 Å². The van der Waals surface area contributed by atoms with Gasteiger partial charge in [0.15, 0.2) is 5.82 Å². The molecule has 0 saturated heterocycles. The number of nitrogens with zero attached hydrogens (tertiary/aromatic N) is 5. The van der Waals surface area contributed by atoms with Crippen LogP contribution in [0.5, 0.6) is 0 Å². The minimum atomic E-state index is 0.395. The quantitative estimate of drug-likeness (QED) is 0.232. The van der Waals surface area contributed by atoms with E-state index in [1.807, 2.05) is 120 Å². The van der Waals surface area contributed by atoms with E-state index in [1.165, 1.54) is 0 Å². The van der Waals surface area contributed by atoms with Crippen LogP contribution in [0.4, 0.5) is 0 Å². The molecule has 0 fully saturated rings. The molecule has 0 unspecified atom stereocenters. The Morgan fingerprint density at radius 2 is 0.951 bits per heavy atom. The summed E-state index contributed by atoms with van der Waals surface area (Å²) in [6.07, 6.45) is 0. The van der Waals surface area contributed by atoms with Crippen LogP contribution in [0.1, 0.15) is 11.1 Å². The number of nitriles is 2. The molecular weight excluding hydrogens is 502 g/mol. The molecule has 190 valence electrons. The van der Waals surface area contributed by atoms with Crippen molar-refractivity contribution in [3.63, 3.8) is 0 Å². The van der Waals surface area contributed by atoms with Crippen molar-refractivity contribution in [2.24, 2.45) is 0 Å². The maximum atomic E-state index is 10.4. The zero-order valence-corrected chi connectivity index (χ0v) is 21.9. The van der Waals surface area contributed by atoms with Crippen molar-refractivity contribution in [1.29, 1.82) is 10.5 Å². The second kappa shape index (κ2) is 9.93. The number of hydrogen-bond acceptors (Lipinski definition) is 4. The summed E-state index contributed by atoms with van der Waals surface area (Å²) >= 11 is 0. The fourth-order valence-electron chi connectivity index (χ4n) is 5.43. The zero-order valence-electron chi connectivity index (χ0n) is 21.9. The highest BCUT2D eigenvalue weighted by Crippen LogP contribution is 2.36. The van der Waals surface area contributed by atoms with Crippen molar-refractivity contribution >= 4 is 21.8 Å². The summed E-state index contributed by atoms with van der Waals surface area (Å²) in [5.74, 6) is 0.574. The summed E-state index contributed by atoms with van der Waals surface area (Å²) < 4.78 is 2.02. The Balaban J connectivity index is 1.49.